The van der Waals surface area contributed by atoms with E-state index in [0.717, 1.165) is 24.6 Å². The summed E-state index contributed by atoms with van der Waals surface area (Å²) in [6, 6.07) is 11.2. The van der Waals surface area contributed by atoms with Gasteiger partial charge >= 0.3 is 0 Å². The topological polar surface area (TPSA) is 22.6 Å². The van der Waals surface area contributed by atoms with Gasteiger partial charge in [0.15, 0.2) is 0 Å². The zero-order valence-corrected chi connectivity index (χ0v) is 16.5. The van der Waals surface area contributed by atoms with Gasteiger partial charge < -0.3 is 9.80 Å². The minimum Gasteiger partial charge on any atom is -0.308 e. The lowest BCUT2D eigenvalue weighted by Gasteiger charge is -2.37. The number of hydrogen-bond donors (Lipinski definition) is 0. The molecule has 5 heteroatoms. The van der Waals surface area contributed by atoms with Crippen molar-refractivity contribution in [3.05, 3.63) is 41.4 Å². The van der Waals surface area contributed by atoms with Crippen LogP contribution in [0.25, 0.3) is 10.6 Å². The molecule has 0 bridgehead atoms. The van der Waals surface area contributed by atoms with Crippen molar-refractivity contribution in [2.75, 3.05) is 47.3 Å². The Morgan fingerprint density at radius 1 is 1.16 bits per heavy atom. The van der Waals surface area contributed by atoms with Gasteiger partial charge in [-0.1, -0.05) is 30.3 Å². The van der Waals surface area contributed by atoms with E-state index in [1.54, 1.807) is 0 Å². The maximum atomic E-state index is 4.63. The van der Waals surface area contributed by atoms with Gasteiger partial charge in [0.1, 0.15) is 5.01 Å². The Morgan fingerprint density at radius 3 is 2.72 bits per heavy atom. The summed E-state index contributed by atoms with van der Waals surface area (Å²) in [4.78, 5) is 13.4. The number of hydrogen-bond acceptors (Lipinski definition) is 5. The molecule has 1 aromatic carbocycles. The highest BCUT2D eigenvalue weighted by atomic mass is 32.1. The fourth-order valence-corrected chi connectivity index (χ4v) is 4.35. The van der Waals surface area contributed by atoms with Crippen molar-refractivity contribution in [2.45, 2.75) is 25.4 Å². The Hall–Kier alpha value is -1.27. The quantitative estimate of drug-likeness (QED) is 0.758. The molecule has 1 unspecified atom stereocenters. The summed E-state index contributed by atoms with van der Waals surface area (Å²) in [6.45, 7) is 5.67. The highest BCUT2D eigenvalue weighted by molar-refractivity contribution is 7.15. The fourth-order valence-electron chi connectivity index (χ4n) is 3.39. The van der Waals surface area contributed by atoms with Gasteiger partial charge in [0.05, 0.1) is 0 Å². The Balaban J connectivity index is 1.55. The van der Waals surface area contributed by atoms with Crippen LogP contribution in [0, 0.1) is 0 Å². The molecule has 25 heavy (non-hydrogen) atoms. The molecule has 0 aliphatic carbocycles. The third-order valence-electron chi connectivity index (χ3n) is 4.96. The van der Waals surface area contributed by atoms with Gasteiger partial charge in [-0.05, 0) is 40.5 Å². The summed E-state index contributed by atoms with van der Waals surface area (Å²) in [5, 5.41) is 1.13. The van der Waals surface area contributed by atoms with E-state index in [1.807, 2.05) is 11.3 Å². The summed E-state index contributed by atoms with van der Waals surface area (Å²) in [5.74, 6) is 0. The lowest BCUT2D eigenvalue weighted by Crippen LogP contribution is -2.47. The lowest BCUT2D eigenvalue weighted by molar-refractivity contribution is 0.107. The molecular formula is C20H30N4S. The number of aromatic nitrogens is 1. The minimum absolute atomic E-state index is 0.676. The van der Waals surface area contributed by atoms with E-state index in [9.17, 15) is 0 Å². The van der Waals surface area contributed by atoms with Gasteiger partial charge in [0.2, 0.25) is 0 Å². The second-order valence-corrected chi connectivity index (χ2v) is 8.43. The first kappa shape index (κ1) is 18.5. The molecule has 2 heterocycles. The molecule has 136 valence electrons. The van der Waals surface area contributed by atoms with Crippen molar-refractivity contribution in [1.29, 1.82) is 0 Å². The lowest BCUT2D eigenvalue weighted by atomic mass is 10.0. The summed E-state index contributed by atoms with van der Waals surface area (Å²) >= 11 is 1.83. The molecule has 0 spiro atoms. The van der Waals surface area contributed by atoms with Gasteiger partial charge in [-0.15, -0.1) is 11.3 Å². The van der Waals surface area contributed by atoms with Crippen molar-refractivity contribution in [3.63, 3.8) is 0 Å². The third-order valence-corrected chi connectivity index (χ3v) is 5.99. The van der Waals surface area contributed by atoms with E-state index in [1.165, 1.54) is 36.4 Å². The predicted molar refractivity (Wildman–Crippen MR) is 107 cm³/mol. The van der Waals surface area contributed by atoms with Crippen LogP contribution < -0.4 is 0 Å². The van der Waals surface area contributed by atoms with Crippen LogP contribution >= 0.6 is 11.3 Å². The van der Waals surface area contributed by atoms with Crippen LogP contribution in [0.4, 0.5) is 0 Å². The van der Waals surface area contributed by atoms with E-state index < -0.39 is 0 Å². The second kappa shape index (κ2) is 8.90. The van der Waals surface area contributed by atoms with Crippen molar-refractivity contribution < 1.29 is 0 Å². The molecular weight excluding hydrogens is 328 g/mol. The normalized spacial score (nSPS) is 19.0. The number of rotatable bonds is 7. The monoisotopic (exact) mass is 358 g/mol. The minimum atomic E-state index is 0.676. The van der Waals surface area contributed by atoms with E-state index in [2.05, 4.69) is 77.4 Å². The van der Waals surface area contributed by atoms with Crippen LogP contribution in [0.15, 0.2) is 36.5 Å². The molecule has 2 aromatic rings. The number of nitrogens with zero attached hydrogens (tertiary/aromatic N) is 4. The van der Waals surface area contributed by atoms with Gasteiger partial charge in [0, 0.05) is 48.9 Å². The average molecular weight is 359 g/mol. The molecule has 0 saturated carbocycles. The molecule has 1 saturated heterocycles. The van der Waals surface area contributed by atoms with Crippen LogP contribution in [-0.2, 0) is 6.54 Å². The average Bonchev–Trinajstić information content (AvgIpc) is 3.09. The van der Waals surface area contributed by atoms with E-state index >= 15 is 0 Å². The van der Waals surface area contributed by atoms with Crippen LogP contribution in [0.2, 0.25) is 0 Å². The Labute approximate surface area is 156 Å². The Kier molecular flexibility index (Phi) is 6.59. The van der Waals surface area contributed by atoms with Gasteiger partial charge in [-0.2, -0.15) is 0 Å². The molecule has 0 radical (unpaired) electrons. The molecule has 1 aliphatic rings. The van der Waals surface area contributed by atoms with Crippen molar-refractivity contribution in [2.24, 2.45) is 0 Å². The van der Waals surface area contributed by atoms with Gasteiger partial charge in [-0.25, -0.2) is 4.98 Å². The fraction of sp³-hybridized carbons (Fsp3) is 0.550. The summed E-state index contributed by atoms with van der Waals surface area (Å²) < 4.78 is 0. The molecule has 1 aliphatic heterocycles. The van der Waals surface area contributed by atoms with E-state index in [4.69, 9.17) is 0 Å². The first-order chi connectivity index (χ1) is 12.1. The van der Waals surface area contributed by atoms with E-state index in [0.29, 0.717) is 6.04 Å². The molecule has 0 amide bonds. The number of piperidine rings is 1. The summed E-state index contributed by atoms with van der Waals surface area (Å²) in [5.41, 5.74) is 1.22. The number of thiazole rings is 1. The maximum Gasteiger partial charge on any atom is 0.123 e. The molecule has 0 N–H and O–H groups in total. The molecule has 1 aromatic heterocycles. The SMILES string of the molecule is CN(C)CCN(C)C1CCCN(Cc2cnc(-c3ccccc3)s2)C1. The maximum absolute atomic E-state index is 4.63. The van der Waals surface area contributed by atoms with Crippen LogP contribution in [0.1, 0.15) is 17.7 Å². The first-order valence-electron chi connectivity index (χ1n) is 9.19. The first-order valence-corrected chi connectivity index (χ1v) is 10.0. The number of benzene rings is 1. The zero-order chi connectivity index (χ0) is 17.6. The Morgan fingerprint density at radius 2 is 1.96 bits per heavy atom. The van der Waals surface area contributed by atoms with Crippen LogP contribution in [0.3, 0.4) is 0 Å². The molecule has 4 nitrogen and oxygen atoms in total. The Bertz CT molecular complexity index is 640. The predicted octanol–water partition coefficient (Wildman–Crippen LogP) is 3.27. The second-order valence-electron chi connectivity index (χ2n) is 7.31. The van der Waals surface area contributed by atoms with Crippen LogP contribution in [-0.4, -0.2) is 73.0 Å². The van der Waals surface area contributed by atoms with Crippen molar-refractivity contribution >= 4 is 11.3 Å². The summed E-state index contributed by atoms with van der Waals surface area (Å²) in [6.07, 6.45) is 4.67. The van der Waals surface area contributed by atoms with Gasteiger partial charge in [0.25, 0.3) is 0 Å². The van der Waals surface area contributed by atoms with E-state index in [-0.39, 0.29) is 0 Å². The molecule has 3 rings (SSSR count). The number of likely N-dealkylation sites (tertiary alicyclic amines) is 1. The zero-order valence-electron chi connectivity index (χ0n) is 15.7. The van der Waals surface area contributed by atoms with Crippen LogP contribution in [0.5, 0.6) is 0 Å². The third kappa shape index (κ3) is 5.35. The molecule has 1 atom stereocenters. The van der Waals surface area contributed by atoms with Gasteiger partial charge in [-0.3, -0.25) is 4.90 Å². The molecule has 1 fully saturated rings. The standard InChI is InChI=1S/C20H30N4S/c1-22(2)12-13-23(3)18-10-7-11-24(15-18)16-19-14-21-20(25-19)17-8-5-4-6-9-17/h4-6,8-9,14,18H,7,10-13,15-16H2,1-3H3. The highest BCUT2D eigenvalue weighted by Crippen LogP contribution is 2.26. The van der Waals surface area contributed by atoms with Crippen molar-refractivity contribution in [1.82, 2.24) is 19.7 Å². The largest absolute Gasteiger partial charge is 0.308 e. The number of likely N-dealkylation sites (N-methyl/N-ethyl adjacent to an activating group) is 2. The van der Waals surface area contributed by atoms with Crippen molar-refractivity contribution in [3.8, 4) is 10.6 Å². The summed E-state index contributed by atoms with van der Waals surface area (Å²) in [7, 11) is 6.57. The highest BCUT2D eigenvalue weighted by Gasteiger charge is 2.23. The smallest absolute Gasteiger partial charge is 0.123 e.